The molecule has 1 amide bonds. The molecule has 140 valence electrons. The van der Waals surface area contributed by atoms with Crippen LogP contribution < -0.4 is 10.1 Å². The van der Waals surface area contributed by atoms with E-state index in [1.807, 2.05) is 66.7 Å². The summed E-state index contributed by atoms with van der Waals surface area (Å²) in [5.74, 6) is 1.97. The van der Waals surface area contributed by atoms with E-state index in [0.717, 1.165) is 22.6 Å². The van der Waals surface area contributed by atoms with Gasteiger partial charge in [0.15, 0.2) is 5.17 Å². The van der Waals surface area contributed by atoms with Gasteiger partial charge in [-0.05, 0) is 53.7 Å². The summed E-state index contributed by atoms with van der Waals surface area (Å²) in [6, 6.07) is 21.3. The Balaban J connectivity index is 1.47. The number of benzene rings is 2. The Morgan fingerprint density at radius 3 is 2.61 bits per heavy atom. The molecule has 0 radical (unpaired) electrons. The molecule has 2 aromatic carbocycles. The summed E-state index contributed by atoms with van der Waals surface area (Å²) in [5, 5.41) is 3.39. The lowest BCUT2D eigenvalue weighted by Gasteiger charge is -2.00. The molecule has 2 heterocycles. The smallest absolute Gasteiger partial charge is 0.264 e. The van der Waals surface area contributed by atoms with Gasteiger partial charge in [0.1, 0.15) is 17.3 Å². The van der Waals surface area contributed by atoms with E-state index in [1.165, 1.54) is 11.8 Å². The molecule has 1 aliphatic heterocycles. The highest BCUT2D eigenvalue weighted by atomic mass is 32.2. The first-order valence-electron chi connectivity index (χ1n) is 8.75. The minimum atomic E-state index is -0.167. The minimum Gasteiger partial charge on any atom is -0.497 e. The van der Waals surface area contributed by atoms with Crippen LogP contribution in [0.2, 0.25) is 0 Å². The summed E-state index contributed by atoms with van der Waals surface area (Å²) in [6.45, 7) is 0.527. The number of hydrogen-bond acceptors (Lipinski definition) is 5. The number of nitrogens with zero attached hydrogens (tertiary/aromatic N) is 1. The Bertz CT molecular complexity index is 1040. The quantitative estimate of drug-likeness (QED) is 0.641. The monoisotopic (exact) mass is 390 g/mol. The molecule has 0 saturated carbocycles. The van der Waals surface area contributed by atoms with Gasteiger partial charge in [0.25, 0.3) is 5.91 Å². The molecule has 1 aliphatic rings. The molecule has 3 aromatic rings. The number of amidine groups is 1. The fourth-order valence-electron chi connectivity index (χ4n) is 2.72. The van der Waals surface area contributed by atoms with Crippen LogP contribution in [0, 0.1) is 0 Å². The standard InChI is InChI=1S/C22H18N2O3S/c1-26-17-9-7-16(8-10-17)19-12-11-18(27-19)13-20-21(25)24-22(28-20)23-14-15-5-3-2-4-6-15/h2-13H,14H2,1H3,(H,23,24,25)/b20-13-. The van der Waals surface area contributed by atoms with Crippen molar-refractivity contribution >= 4 is 28.9 Å². The second-order valence-corrected chi connectivity index (χ2v) is 7.13. The highest BCUT2D eigenvalue weighted by Crippen LogP contribution is 2.29. The number of thioether (sulfide) groups is 1. The van der Waals surface area contributed by atoms with Crippen LogP contribution in [0.25, 0.3) is 17.4 Å². The lowest BCUT2D eigenvalue weighted by atomic mass is 10.2. The number of aliphatic imine (C=N–C) groups is 1. The molecule has 0 unspecified atom stereocenters. The summed E-state index contributed by atoms with van der Waals surface area (Å²) in [5.41, 5.74) is 2.04. The van der Waals surface area contributed by atoms with Gasteiger partial charge in [-0.2, -0.15) is 0 Å². The Kier molecular flexibility index (Phi) is 5.30. The van der Waals surface area contributed by atoms with Gasteiger partial charge < -0.3 is 14.5 Å². The van der Waals surface area contributed by atoms with Gasteiger partial charge in [-0.25, -0.2) is 0 Å². The zero-order valence-corrected chi connectivity index (χ0v) is 16.0. The van der Waals surface area contributed by atoms with Crippen molar-refractivity contribution in [2.45, 2.75) is 6.54 Å². The van der Waals surface area contributed by atoms with Crippen LogP contribution in [0.15, 0.2) is 81.0 Å². The summed E-state index contributed by atoms with van der Waals surface area (Å²) in [4.78, 5) is 17.2. The van der Waals surface area contributed by atoms with Gasteiger partial charge >= 0.3 is 0 Å². The van der Waals surface area contributed by atoms with Gasteiger partial charge in [0, 0.05) is 11.6 Å². The second kappa shape index (κ2) is 8.19. The Morgan fingerprint density at radius 1 is 1.07 bits per heavy atom. The molecular weight excluding hydrogens is 372 g/mol. The number of carbonyl (C=O) groups is 1. The van der Waals surface area contributed by atoms with Crippen LogP contribution in [-0.4, -0.2) is 18.2 Å². The van der Waals surface area contributed by atoms with Crippen molar-refractivity contribution in [2.24, 2.45) is 4.99 Å². The van der Waals surface area contributed by atoms with Crippen LogP contribution in [0.4, 0.5) is 0 Å². The van der Waals surface area contributed by atoms with E-state index in [0.29, 0.717) is 22.4 Å². The maximum atomic E-state index is 12.2. The third-order valence-corrected chi connectivity index (χ3v) is 5.12. The van der Waals surface area contributed by atoms with Crippen LogP contribution in [0.1, 0.15) is 11.3 Å². The van der Waals surface area contributed by atoms with E-state index in [9.17, 15) is 4.79 Å². The number of ether oxygens (including phenoxy) is 1. The first-order chi connectivity index (χ1) is 13.7. The maximum absolute atomic E-state index is 12.2. The first-order valence-corrected chi connectivity index (χ1v) is 9.56. The van der Waals surface area contributed by atoms with Gasteiger partial charge in [-0.1, -0.05) is 30.3 Å². The van der Waals surface area contributed by atoms with Crippen molar-refractivity contribution in [1.82, 2.24) is 5.32 Å². The number of rotatable bonds is 5. The topological polar surface area (TPSA) is 63.8 Å². The largest absolute Gasteiger partial charge is 0.497 e. The summed E-state index contributed by atoms with van der Waals surface area (Å²) >= 11 is 1.32. The summed E-state index contributed by atoms with van der Waals surface area (Å²) < 4.78 is 11.0. The number of hydrogen-bond donors (Lipinski definition) is 1. The Hall–Kier alpha value is -3.25. The molecule has 1 saturated heterocycles. The molecule has 5 nitrogen and oxygen atoms in total. The Morgan fingerprint density at radius 2 is 1.86 bits per heavy atom. The zero-order valence-electron chi connectivity index (χ0n) is 15.2. The molecule has 1 fully saturated rings. The average Bonchev–Trinajstić information content (AvgIpc) is 3.34. The van der Waals surface area contributed by atoms with E-state index < -0.39 is 0 Å². The normalized spacial score (nSPS) is 16.5. The van der Waals surface area contributed by atoms with E-state index in [1.54, 1.807) is 13.2 Å². The van der Waals surface area contributed by atoms with Gasteiger partial charge in [0.2, 0.25) is 0 Å². The van der Waals surface area contributed by atoms with Gasteiger partial charge in [0.05, 0.1) is 18.6 Å². The molecule has 0 spiro atoms. The van der Waals surface area contributed by atoms with Crippen molar-refractivity contribution in [3.8, 4) is 17.1 Å². The highest BCUT2D eigenvalue weighted by Gasteiger charge is 2.24. The van der Waals surface area contributed by atoms with E-state index in [4.69, 9.17) is 9.15 Å². The van der Waals surface area contributed by atoms with Crippen molar-refractivity contribution in [3.63, 3.8) is 0 Å². The fourth-order valence-corrected chi connectivity index (χ4v) is 3.52. The molecular formula is C22H18N2O3S. The van der Waals surface area contributed by atoms with E-state index in [2.05, 4.69) is 10.3 Å². The number of methoxy groups -OCH3 is 1. The van der Waals surface area contributed by atoms with Crippen molar-refractivity contribution in [1.29, 1.82) is 0 Å². The second-order valence-electron chi connectivity index (χ2n) is 6.10. The molecule has 1 N–H and O–H groups in total. The molecule has 0 atom stereocenters. The molecule has 4 rings (SSSR count). The number of furan rings is 1. The van der Waals surface area contributed by atoms with Crippen LogP contribution in [-0.2, 0) is 11.3 Å². The highest BCUT2D eigenvalue weighted by molar-refractivity contribution is 8.18. The third kappa shape index (κ3) is 4.18. The van der Waals surface area contributed by atoms with Crippen molar-refractivity contribution in [3.05, 3.63) is 83.0 Å². The lowest BCUT2D eigenvalue weighted by molar-refractivity contribution is -0.115. The molecule has 0 bridgehead atoms. The van der Waals surface area contributed by atoms with Gasteiger partial charge in [-0.15, -0.1) is 0 Å². The van der Waals surface area contributed by atoms with E-state index in [-0.39, 0.29) is 5.91 Å². The van der Waals surface area contributed by atoms with Crippen LogP contribution in [0.3, 0.4) is 0 Å². The Labute approximate surface area is 167 Å². The van der Waals surface area contributed by atoms with Crippen LogP contribution in [0.5, 0.6) is 5.75 Å². The molecule has 28 heavy (non-hydrogen) atoms. The minimum absolute atomic E-state index is 0.167. The average molecular weight is 390 g/mol. The van der Waals surface area contributed by atoms with E-state index >= 15 is 0 Å². The van der Waals surface area contributed by atoms with Crippen molar-refractivity contribution < 1.29 is 13.9 Å². The SMILES string of the molecule is COc1ccc(-c2ccc(/C=C3\SC(=NCc4ccccc4)NC3=O)o2)cc1. The zero-order chi connectivity index (χ0) is 19.3. The predicted octanol–water partition coefficient (Wildman–Crippen LogP) is 4.72. The number of carbonyl (C=O) groups excluding carboxylic acids is 1. The molecule has 1 aromatic heterocycles. The number of amides is 1. The maximum Gasteiger partial charge on any atom is 0.264 e. The molecule has 0 aliphatic carbocycles. The van der Waals surface area contributed by atoms with Gasteiger partial charge in [-0.3, -0.25) is 9.79 Å². The first kappa shape index (κ1) is 18.1. The lowest BCUT2D eigenvalue weighted by Crippen LogP contribution is -2.19. The molecule has 6 heteroatoms. The third-order valence-electron chi connectivity index (χ3n) is 4.17. The summed E-state index contributed by atoms with van der Waals surface area (Å²) in [6.07, 6.45) is 1.73. The predicted molar refractivity (Wildman–Crippen MR) is 112 cm³/mol. The number of nitrogens with one attached hydrogen (secondary N) is 1. The summed E-state index contributed by atoms with van der Waals surface area (Å²) in [7, 11) is 1.63. The van der Waals surface area contributed by atoms with Crippen molar-refractivity contribution in [2.75, 3.05) is 7.11 Å². The fraction of sp³-hybridized carbons (Fsp3) is 0.0909. The van der Waals surface area contributed by atoms with Crippen LogP contribution >= 0.6 is 11.8 Å².